The first-order valence-electron chi connectivity index (χ1n) is 6.83. The Kier molecular flexibility index (Phi) is 7.62. The van der Waals surface area contributed by atoms with Gasteiger partial charge in [0.25, 0.3) is 0 Å². The predicted molar refractivity (Wildman–Crippen MR) is 88.2 cm³/mol. The van der Waals surface area contributed by atoms with Crippen molar-refractivity contribution in [1.82, 2.24) is 5.32 Å². The van der Waals surface area contributed by atoms with E-state index in [0.717, 1.165) is 22.3 Å². The number of rotatable bonds is 8. The van der Waals surface area contributed by atoms with Gasteiger partial charge in [-0.2, -0.15) is 0 Å². The number of benzene rings is 1. The van der Waals surface area contributed by atoms with Gasteiger partial charge in [0.05, 0.1) is 6.61 Å². The number of nitrogens with one attached hydrogen (secondary N) is 1. The lowest BCUT2D eigenvalue weighted by Gasteiger charge is -2.28. The van der Waals surface area contributed by atoms with Gasteiger partial charge in [0.1, 0.15) is 5.54 Å². The van der Waals surface area contributed by atoms with E-state index < -0.39 is 5.54 Å². The van der Waals surface area contributed by atoms with Crippen molar-refractivity contribution in [1.29, 1.82) is 0 Å². The van der Waals surface area contributed by atoms with Crippen molar-refractivity contribution in [3.05, 3.63) is 28.7 Å². The monoisotopic (exact) mass is 359 g/mol. The zero-order chi connectivity index (χ0) is 15.0. The van der Waals surface area contributed by atoms with Gasteiger partial charge in [-0.3, -0.25) is 4.79 Å². The lowest BCUT2D eigenvalue weighted by Crippen LogP contribution is -2.52. The molecule has 0 aliphatic heterocycles. The Morgan fingerprint density at radius 1 is 1.40 bits per heavy atom. The molecule has 0 aliphatic rings. The molecular weight excluding hydrogens is 338 g/mol. The van der Waals surface area contributed by atoms with Crippen LogP contribution < -0.4 is 5.32 Å². The van der Waals surface area contributed by atoms with E-state index in [9.17, 15) is 4.79 Å². The molecule has 0 amide bonds. The van der Waals surface area contributed by atoms with Gasteiger partial charge in [-0.05, 0) is 54.9 Å². The van der Waals surface area contributed by atoms with Crippen molar-refractivity contribution in [2.24, 2.45) is 0 Å². The molecular formula is C15H22BrNO2S. The first-order valence-corrected chi connectivity index (χ1v) is 8.61. The number of ether oxygens (including phenoxy) is 1. The number of hydrogen-bond donors (Lipinski definition) is 1. The molecule has 1 N–H and O–H groups in total. The Bertz CT molecular complexity index is 442. The largest absolute Gasteiger partial charge is 0.465 e. The molecule has 5 heteroatoms. The average Bonchev–Trinajstić information content (AvgIpc) is 2.44. The van der Waals surface area contributed by atoms with E-state index in [1.165, 1.54) is 0 Å². The summed E-state index contributed by atoms with van der Waals surface area (Å²) in [7, 11) is 0. The van der Waals surface area contributed by atoms with E-state index in [0.29, 0.717) is 12.4 Å². The normalized spacial score (nSPS) is 13.8. The predicted octanol–water partition coefficient (Wildman–Crippen LogP) is 3.86. The highest BCUT2D eigenvalue weighted by molar-refractivity contribution is 9.10. The molecule has 0 saturated heterocycles. The average molecular weight is 360 g/mol. The maximum Gasteiger partial charge on any atom is 0.326 e. The molecule has 0 spiro atoms. The first kappa shape index (κ1) is 17.5. The van der Waals surface area contributed by atoms with Gasteiger partial charge in [-0.15, -0.1) is 11.8 Å². The highest BCUT2D eigenvalue weighted by Gasteiger charge is 2.34. The molecule has 1 atom stereocenters. The summed E-state index contributed by atoms with van der Waals surface area (Å²) in [5, 5.41) is 3.31. The smallest absolute Gasteiger partial charge is 0.326 e. The third-order valence-electron chi connectivity index (χ3n) is 2.84. The van der Waals surface area contributed by atoms with E-state index >= 15 is 0 Å². The van der Waals surface area contributed by atoms with Crippen LogP contribution in [0.25, 0.3) is 0 Å². The minimum atomic E-state index is -0.661. The standard InChI is InChI=1S/C15H22BrNO2S/c1-4-10-17-15(3,14(18)19-5-2)11-20-13-9-7-6-8-12(13)16/h6-9,17H,4-5,10-11H2,1-3H3. The zero-order valence-corrected chi connectivity index (χ0v) is 14.6. The first-order chi connectivity index (χ1) is 9.53. The molecule has 0 heterocycles. The second-order valence-electron chi connectivity index (χ2n) is 4.70. The fourth-order valence-corrected chi connectivity index (χ4v) is 3.33. The fraction of sp³-hybridized carbons (Fsp3) is 0.533. The summed E-state index contributed by atoms with van der Waals surface area (Å²) in [4.78, 5) is 13.3. The molecule has 1 aromatic carbocycles. The van der Waals surface area contributed by atoms with Crippen LogP contribution in [-0.2, 0) is 9.53 Å². The lowest BCUT2D eigenvalue weighted by atomic mass is 10.1. The molecule has 0 aromatic heterocycles. The van der Waals surface area contributed by atoms with Gasteiger partial charge < -0.3 is 10.1 Å². The summed E-state index contributed by atoms with van der Waals surface area (Å²) >= 11 is 5.18. The second kappa shape index (κ2) is 8.70. The van der Waals surface area contributed by atoms with Crippen LogP contribution in [0.3, 0.4) is 0 Å². The molecule has 1 unspecified atom stereocenters. The Hall–Kier alpha value is -0.520. The molecule has 0 saturated carbocycles. The number of thioether (sulfide) groups is 1. The van der Waals surface area contributed by atoms with Crippen LogP contribution in [0.15, 0.2) is 33.6 Å². The SMILES string of the molecule is CCCNC(C)(CSc1ccccc1Br)C(=O)OCC. The topological polar surface area (TPSA) is 38.3 Å². The Morgan fingerprint density at radius 3 is 2.70 bits per heavy atom. The Balaban J connectivity index is 2.74. The number of hydrogen-bond acceptors (Lipinski definition) is 4. The zero-order valence-electron chi connectivity index (χ0n) is 12.2. The van der Waals surface area contributed by atoms with Gasteiger partial charge in [0.2, 0.25) is 0 Å². The van der Waals surface area contributed by atoms with Crippen LogP contribution in [-0.4, -0.2) is 30.4 Å². The minimum absolute atomic E-state index is 0.187. The third-order valence-corrected chi connectivity index (χ3v) is 5.19. The number of esters is 1. The van der Waals surface area contributed by atoms with Gasteiger partial charge in [-0.25, -0.2) is 0 Å². The van der Waals surface area contributed by atoms with Crippen LogP contribution in [0.4, 0.5) is 0 Å². The van der Waals surface area contributed by atoms with Crippen molar-refractivity contribution in [3.63, 3.8) is 0 Å². The van der Waals surface area contributed by atoms with E-state index in [2.05, 4.69) is 28.2 Å². The molecule has 112 valence electrons. The van der Waals surface area contributed by atoms with Gasteiger partial charge >= 0.3 is 5.97 Å². The number of halogens is 1. The molecule has 20 heavy (non-hydrogen) atoms. The van der Waals surface area contributed by atoms with Crippen LogP contribution in [0.1, 0.15) is 27.2 Å². The van der Waals surface area contributed by atoms with Crippen molar-refractivity contribution in [2.45, 2.75) is 37.6 Å². The molecule has 0 fully saturated rings. The van der Waals surface area contributed by atoms with E-state index in [-0.39, 0.29) is 5.97 Å². The van der Waals surface area contributed by atoms with Crippen LogP contribution in [0.5, 0.6) is 0 Å². The molecule has 0 aliphatic carbocycles. The minimum Gasteiger partial charge on any atom is -0.465 e. The van der Waals surface area contributed by atoms with Gasteiger partial charge in [-0.1, -0.05) is 19.1 Å². The Labute approximate surface area is 134 Å². The molecule has 0 bridgehead atoms. The molecule has 0 radical (unpaired) electrons. The van der Waals surface area contributed by atoms with E-state index in [4.69, 9.17) is 4.74 Å². The van der Waals surface area contributed by atoms with Crippen LogP contribution in [0.2, 0.25) is 0 Å². The van der Waals surface area contributed by atoms with E-state index in [1.54, 1.807) is 11.8 Å². The number of carbonyl (C=O) groups excluding carboxylic acids is 1. The fourth-order valence-electron chi connectivity index (χ4n) is 1.66. The van der Waals surface area contributed by atoms with Crippen molar-refractivity contribution in [2.75, 3.05) is 18.9 Å². The van der Waals surface area contributed by atoms with Crippen LogP contribution in [0, 0.1) is 0 Å². The Morgan fingerprint density at radius 2 is 2.10 bits per heavy atom. The van der Waals surface area contributed by atoms with E-state index in [1.807, 2.05) is 38.1 Å². The van der Waals surface area contributed by atoms with Crippen molar-refractivity contribution < 1.29 is 9.53 Å². The number of carbonyl (C=O) groups is 1. The summed E-state index contributed by atoms with van der Waals surface area (Å²) in [6.45, 7) is 7.02. The summed E-state index contributed by atoms with van der Waals surface area (Å²) in [5.41, 5.74) is -0.661. The highest BCUT2D eigenvalue weighted by atomic mass is 79.9. The van der Waals surface area contributed by atoms with Crippen molar-refractivity contribution in [3.8, 4) is 0 Å². The summed E-state index contributed by atoms with van der Waals surface area (Å²) < 4.78 is 6.24. The lowest BCUT2D eigenvalue weighted by molar-refractivity contribution is -0.149. The second-order valence-corrected chi connectivity index (χ2v) is 6.57. The maximum absolute atomic E-state index is 12.2. The molecule has 1 aromatic rings. The van der Waals surface area contributed by atoms with Gasteiger partial charge in [0.15, 0.2) is 0 Å². The summed E-state index contributed by atoms with van der Waals surface area (Å²) in [6, 6.07) is 8.02. The maximum atomic E-state index is 12.2. The molecule has 1 rings (SSSR count). The highest BCUT2D eigenvalue weighted by Crippen LogP contribution is 2.29. The molecule has 3 nitrogen and oxygen atoms in total. The summed E-state index contributed by atoms with van der Waals surface area (Å²) in [5.74, 6) is 0.446. The summed E-state index contributed by atoms with van der Waals surface area (Å²) in [6.07, 6.45) is 0.981. The van der Waals surface area contributed by atoms with Gasteiger partial charge in [0, 0.05) is 15.1 Å². The van der Waals surface area contributed by atoms with Crippen LogP contribution >= 0.6 is 27.7 Å². The third kappa shape index (κ3) is 5.11. The van der Waals surface area contributed by atoms with Crippen molar-refractivity contribution >= 4 is 33.7 Å². The quantitative estimate of drug-likeness (QED) is 0.564.